The first-order chi connectivity index (χ1) is 15.7. The van der Waals surface area contributed by atoms with Gasteiger partial charge in [-0.05, 0) is 43.1 Å². The van der Waals surface area contributed by atoms with Crippen LogP contribution in [0.1, 0.15) is 42.1 Å². The fourth-order valence-electron chi connectivity index (χ4n) is 3.46. The number of aryl methyl sites for hydroxylation is 1. The topological polar surface area (TPSA) is 59.7 Å². The zero-order chi connectivity index (χ0) is 23.6. The number of hydrogen-bond acceptors (Lipinski definition) is 3. The number of anilines is 1. The van der Waals surface area contributed by atoms with Gasteiger partial charge in [-0.2, -0.15) is 23.4 Å². The maximum Gasteiger partial charge on any atom is 0.436 e. The summed E-state index contributed by atoms with van der Waals surface area (Å²) in [5.74, 6) is 0.627. The first-order valence-electron chi connectivity index (χ1n) is 10.4. The molecule has 0 unspecified atom stereocenters. The van der Waals surface area contributed by atoms with E-state index in [4.69, 9.17) is 35.4 Å². The van der Waals surface area contributed by atoms with Gasteiger partial charge in [-0.15, -0.1) is 0 Å². The van der Waals surface area contributed by atoms with Crippen LogP contribution in [0.15, 0.2) is 36.5 Å². The molecule has 1 aliphatic rings. The van der Waals surface area contributed by atoms with Crippen LogP contribution in [0.4, 0.5) is 19.0 Å². The van der Waals surface area contributed by atoms with Crippen molar-refractivity contribution in [3.63, 3.8) is 0 Å². The van der Waals surface area contributed by atoms with E-state index in [0.717, 1.165) is 18.4 Å². The van der Waals surface area contributed by atoms with Gasteiger partial charge in [0.1, 0.15) is 0 Å². The second-order valence-electron chi connectivity index (χ2n) is 7.77. The molecule has 0 amide bonds. The number of benzene rings is 1. The molecule has 2 aromatic heterocycles. The summed E-state index contributed by atoms with van der Waals surface area (Å²) in [5.41, 5.74) is 0.421. The van der Waals surface area contributed by atoms with Crippen molar-refractivity contribution in [3.05, 3.63) is 63.5 Å². The molecule has 1 aliphatic carbocycles. The van der Waals surface area contributed by atoms with Crippen LogP contribution >= 0.6 is 35.4 Å². The van der Waals surface area contributed by atoms with Crippen molar-refractivity contribution in [3.8, 4) is 0 Å². The first-order valence-corrected chi connectivity index (χ1v) is 11.5. The van der Waals surface area contributed by atoms with Crippen LogP contribution in [0.2, 0.25) is 10.0 Å². The van der Waals surface area contributed by atoms with E-state index in [9.17, 15) is 13.2 Å². The minimum absolute atomic E-state index is 0.0534. The van der Waals surface area contributed by atoms with E-state index in [2.05, 4.69) is 20.8 Å². The molecule has 0 atom stereocenters. The summed E-state index contributed by atoms with van der Waals surface area (Å²) in [7, 11) is 0. The van der Waals surface area contributed by atoms with E-state index in [0.29, 0.717) is 47.7 Å². The number of nitrogens with zero attached hydrogens (tertiary/aromatic N) is 4. The predicted molar refractivity (Wildman–Crippen MR) is 126 cm³/mol. The number of hydrogen-bond donors (Lipinski definition) is 2. The number of alkyl halides is 3. The third-order valence-corrected chi connectivity index (χ3v) is 6.16. The van der Waals surface area contributed by atoms with E-state index < -0.39 is 11.9 Å². The SMILES string of the molecule is FC(F)(F)c1nn(CCCNC(=S)Nc2ccn(Cc3ccccc3Cl)n2)c(C2CC2)c1Cl. The van der Waals surface area contributed by atoms with E-state index in [1.807, 2.05) is 30.5 Å². The number of halogens is 5. The number of thiocarbonyl (C=S) groups is 1. The Bertz CT molecular complexity index is 1140. The molecule has 1 aromatic carbocycles. The highest BCUT2D eigenvalue weighted by molar-refractivity contribution is 7.80. The third-order valence-electron chi connectivity index (χ3n) is 5.17. The largest absolute Gasteiger partial charge is 0.436 e. The van der Waals surface area contributed by atoms with Crippen molar-refractivity contribution in [2.45, 2.75) is 44.4 Å². The van der Waals surface area contributed by atoms with Crippen LogP contribution in [-0.2, 0) is 19.3 Å². The molecular weight excluding hydrogens is 496 g/mol. The number of nitrogens with one attached hydrogen (secondary N) is 2. The Balaban J connectivity index is 1.26. The van der Waals surface area contributed by atoms with E-state index >= 15 is 0 Å². The Morgan fingerprint density at radius 1 is 1.15 bits per heavy atom. The second-order valence-corrected chi connectivity index (χ2v) is 8.96. The molecule has 4 rings (SSSR count). The maximum atomic E-state index is 13.2. The van der Waals surface area contributed by atoms with E-state index in [1.165, 1.54) is 4.68 Å². The normalized spacial score (nSPS) is 13.8. The Morgan fingerprint density at radius 2 is 1.91 bits per heavy atom. The molecule has 176 valence electrons. The van der Waals surface area contributed by atoms with Gasteiger partial charge in [0, 0.05) is 36.3 Å². The smallest absolute Gasteiger partial charge is 0.362 e. The number of rotatable bonds is 8. The molecule has 3 aromatic rings. The number of aromatic nitrogens is 4. The lowest BCUT2D eigenvalue weighted by atomic mass is 10.2. The van der Waals surface area contributed by atoms with Crippen LogP contribution < -0.4 is 10.6 Å². The van der Waals surface area contributed by atoms with Crippen molar-refractivity contribution in [1.82, 2.24) is 24.9 Å². The Kier molecular flexibility index (Phi) is 7.16. The Hall–Kier alpha value is -2.30. The van der Waals surface area contributed by atoms with Gasteiger partial charge in [-0.3, -0.25) is 9.36 Å². The predicted octanol–water partition coefficient (Wildman–Crippen LogP) is 5.71. The summed E-state index contributed by atoms with van der Waals surface area (Å²) in [5, 5.41) is 15.0. The summed E-state index contributed by atoms with van der Waals surface area (Å²) in [6.45, 7) is 1.29. The molecule has 0 spiro atoms. The molecule has 0 saturated heterocycles. The van der Waals surface area contributed by atoms with E-state index in [1.54, 1.807) is 10.7 Å². The van der Waals surface area contributed by atoms with Crippen LogP contribution in [-0.4, -0.2) is 31.2 Å². The summed E-state index contributed by atoms with van der Waals surface area (Å²) >= 11 is 17.5. The van der Waals surface area contributed by atoms with Gasteiger partial charge in [0.15, 0.2) is 16.6 Å². The zero-order valence-electron chi connectivity index (χ0n) is 17.4. The van der Waals surface area contributed by atoms with Gasteiger partial charge in [0.2, 0.25) is 0 Å². The monoisotopic (exact) mass is 516 g/mol. The summed E-state index contributed by atoms with van der Waals surface area (Å²) in [6.07, 6.45) is -0.563. The van der Waals surface area contributed by atoms with Gasteiger partial charge >= 0.3 is 6.18 Å². The molecule has 2 N–H and O–H groups in total. The van der Waals surface area contributed by atoms with Crippen molar-refractivity contribution in [2.24, 2.45) is 0 Å². The second kappa shape index (κ2) is 9.90. The molecule has 1 saturated carbocycles. The van der Waals surface area contributed by atoms with Gasteiger partial charge in [0.25, 0.3) is 0 Å². The van der Waals surface area contributed by atoms with Gasteiger partial charge in [-0.1, -0.05) is 41.4 Å². The lowest BCUT2D eigenvalue weighted by molar-refractivity contribution is -0.141. The Labute approximate surface area is 204 Å². The highest BCUT2D eigenvalue weighted by atomic mass is 35.5. The van der Waals surface area contributed by atoms with Crippen molar-refractivity contribution in [1.29, 1.82) is 0 Å². The van der Waals surface area contributed by atoms with Crippen molar-refractivity contribution in [2.75, 3.05) is 11.9 Å². The lowest BCUT2D eigenvalue weighted by Crippen LogP contribution is -2.30. The Morgan fingerprint density at radius 3 is 2.61 bits per heavy atom. The third kappa shape index (κ3) is 5.99. The molecular formula is C21H21Cl2F3N6S. The summed E-state index contributed by atoms with van der Waals surface area (Å²) in [4.78, 5) is 0. The molecule has 33 heavy (non-hydrogen) atoms. The maximum absolute atomic E-state index is 13.2. The minimum Gasteiger partial charge on any atom is -0.362 e. The zero-order valence-corrected chi connectivity index (χ0v) is 19.7. The van der Waals surface area contributed by atoms with E-state index in [-0.39, 0.29) is 10.9 Å². The average molecular weight is 517 g/mol. The molecule has 0 aliphatic heterocycles. The standard InChI is InChI=1S/C21H21Cl2F3N6S/c22-15-5-2-1-4-14(15)12-31-11-8-16(29-31)28-20(33)27-9-3-10-32-18(13-6-7-13)17(23)19(30-32)21(24,25)26/h1-2,4-5,8,11,13H,3,6-7,9-10,12H2,(H2,27,28,29,33). The van der Waals surface area contributed by atoms with Gasteiger partial charge in [0.05, 0.1) is 17.3 Å². The fourth-order valence-corrected chi connectivity index (χ4v) is 4.26. The fraction of sp³-hybridized carbons (Fsp3) is 0.381. The van der Waals surface area contributed by atoms with Gasteiger partial charge in [-0.25, -0.2) is 0 Å². The van der Waals surface area contributed by atoms with Gasteiger partial charge < -0.3 is 10.6 Å². The molecule has 12 heteroatoms. The minimum atomic E-state index is -4.56. The molecule has 0 bridgehead atoms. The van der Waals surface area contributed by atoms with Crippen LogP contribution in [0.3, 0.4) is 0 Å². The average Bonchev–Trinajstić information content (AvgIpc) is 3.39. The summed E-state index contributed by atoms with van der Waals surface area (Å²) < 4.78 is 42.6. The highest BCUT2D eigenvalue weighted by Gasteiger charge is 2.41. The summed E-state index contributed by atoms with van der Waals surface area (Å²) in [6, 6.07) is 9.33. The lowest BCUT2D eigenvalue weighted by Gasteiger charge is -2.10. The molecule has 6 nitrogen and oxygen atoms in total. The van der Waals surface area contributed by atoms with Crippen molar-refractivity contribution < 1.29 is 13.2 Å². The first kappa shape index (κ1) is 23.8. The molecule has 1 fully saturated rings. The molecule has 0 radical (unpaired) electrons. The quantitative estimate of drug-likeness (QED) is 0.296. The highest BCUT2D eigenvalue weighted by Crippen LogP contribution is 2.46. The van der Waals surface area contributed by atoms with Crippen LogP contribution in [0, 0.1) is 0 Å². The van der Waals surface area contributed by atoms with Crippen LogP contribution in [0.5, 0.6) is 0 Å². The van der Waals surface area contributed by atoms with Crippen molar-refractivity contribution >= 4 is 46.4 Å². The van der Waals surface area contributed by atoms with Crippen LogP contribution in [0.25, 0.3) is 0 Å². The molecule has 2 heterocycles.